The van der Waals surface area contributed by atoms with Gasteiger partial charge in [-0.15, -0.1) is 0 Å². The van der Waals surface area contributed by atoms with Crippen molar-refractivity contribution < 1.29 is 24.5 Å². The molecule has 24 heavy (non-hydrogen) atoms. The highest BCUT2D eigenvalue weighted by Crippen LogP contribution is 2.22. The van der Waals surface area contributed by atoms with Crippen molar-refractivity contribution in [3.8, 4) is 5.75 Å². The molecule has 0 saturated carbocycles. The van der Waals surface area contributed by atoms with E-state index in [1.165, 1.54) is 12.1 Å². The van der Waals surface area contributed by atoms with Crippen LogP contribution >= 0.6 is 0 Å². The van der Waals surface area contributed by atoms with E-state index in [9.17, 15) is 14.7 Å². The maximum absolute atomic E-state index is 11.8. The predicted molar refractivity (Wildman–Crippen MR) is 89.8 cm³/mol. The Morgan fingerprint density at radius 2 is 1.54 bits per heavy atom. The number of aromatic nitrogens is 1. The maximum atomic E-state index is 11.8. The largest absolute Gasteiger partial charge is 0.491 e. The van der Waals surface area contributed by atoms with E-state index in [0.29, 0.717) is 5.75 Å². The number of aliphatic hydroxyl groups is 2. The molecule has 0 aliphatic heterocycles. The third-order valence-corrected chi connectivity index (χ3v) is 3.00. The quantitative estimate of drug-likeness (QED) is 0.561. The zero-order valence-corrected chi connectivity index (χ0v) is 14.4. The number of hydrogen-bond donors (Lipinski definition) is 4. The smallest absolute Gasteiger partial charge is 0.228 e. The summed E-state index contributed by atoms with van der Waals surface area (Å²) >= 11 is 0. The molecule has 0 spiro atoms. The molecule has 0 aromatic carbocycles. The second kappa shape index (κ2) is 9.19. The van der Waals surface area contributed by atoms with Crippen molar-refractivity contribution in [3.63, 3.8) is 0 Å². The molecular formula is C16H25N3O5. The molecule has 1 atom stereocenters. The number of hydrogen-bond acceptors (Lipinski definition) is 6. The van der Waals surface area contributed by atoms with Crippen LogP contribution in [0.15, 0.2) is 12.1 Å². The first-order valence-electron chi connectivity index (χ1n) is 7.78. The third-order valence-electron chi connectivity index (χ3n) is 3.00. The van der Waals surface area contributed by atoms with Crippen LogP contribution in [0.2, 0.25) is 0 Å². The van der Waals surface area contributed by atoms with Crippen LogP contribution in [-0.4, -0.2) is 46.3 Å². The Bertz CT molecular complexity index is 535. The molecule has 8 heteroatoms. The van der Waals surface area contributed by atoms with E-state index in [0.717, 1.165) is 0 Å². The molecule has 1 aromatic heterocycles. The Morgan fingerprint density at radius 1 is 1.08 bits per heavy atom. The average Bonchev–Trinajstić information content (AvgIpc) is 2.52. The number of aliphatic hydroxyl groups excluding tert-OH is 2. The average molecular weight is 339 g/mol. The number of ether oxygens (including phenoxy) is 1. The van der Waals surface area contributed by atoms with Crippen LogP contribution in [0.25, 0.3) is 0 Å². The van der Waals surface area contributed by atoms with Crippen LogP contribution in [0.3, 0.4) is 0 Å². The first kappa shape index (κ1) is 19.9. The summed E-state index contributed by atoms with van der Waals surface area (Å²) in [5.41, 5.74) is 0. The Balaban J connectivity index is 2.99. The summed E-state index contributed by atoms with van der Waals surface area (Å²) in [7, 11) is 0. The Hall–Kier alpha value is -2.19. The van der Waals surface area contributed by atoms with E-state index in [2.05, 4.69) is 15.6 Å². The number of nitrogens with one attached hydrogen (secondary N) is 2. The second-order valence-electron chi connectivity index (χ2n) is 6.01. The standard InChI is InChI=1S/C16H25N3O5/c1-9(2)15(22)18-13-5-12(24-8-11(21)7-20)6-14(17-13)19-16(23)10(3)4/h5-6,9-11,20-21H,7-8H2,1-4H3,(H2,17,18,19,22,23). The van der Waals surface area contributed by atoms with Crippen molar-refractivity contribution in [2.24, 2.45) is 11.8 Å². The summed E-state index contributed by atoms with van der Waals surface area (Å²) in [5.74, 6) is -0.168. The van der Waals surface area contributed by atoms with E-state index in [1.54, 1.807) is 27.7 Å². The van der Waals surface area contributed by atoms with Gasteiger partial charge in [0.25, 0.3) is 0 Å². The lowest BCUT2D eigenvalue weighted by atomic mass is 10.2. The molecule has 0 saturated heterocycles. The van der Waals surface area contributed by atoms with Crippen LogP contribution in [-0.2, 0) is 9.59 Å². The number of carbonyl (C=O) groups excluding carboxylic acids is 2. The zero-order chi connectivity index (χ0) is 18.3. The molecule has 1 heterocycles. The fourth-order valence-electron chi connectivity index (χ4n) is 1.50. The van der Waals surface area contributed by atoms with Gasteiger partial charge in [-0.1, -0.05) is 27.7 Å². The van der Waals surface area contributed by atoms with Gasteiger partial charge in [-0.2, -0.15) is 0 Å². The zero-order valence-electron chi connectivity index (χ0n) is 14.4. The van der Waals surface area contributed by atoms with Gasteiger partial charge >= 0.3 is 0 Å². The molecule has 8 nitrogen and oxygen atoms in total. The normalized spacial score (nSPS) is 12.2. The minimum Gasteiger partial charge on any atom is -0.491 e. The second-order valence-corrected chi connectivity index (χ2v) is 6.01. The van der Waals surface area contributed by atoms with E-state index in [1.807, 2.05) is 0 Å². The lowest BCUT2D eigenvalue weighted by Gasteiger charge is -2.14. The molecule has 1 unspecified atom stereocenters. The van der Waals surface area contributed by atoms with Crippen molar-refractivity contribution in [1.82, 2.24) is 4.98 Å². The van der Waals surface area contributed by atoms with Crippen LogP contribution in [0.5, 0.6) is 5.75 Å². The highest BCUT2D eigenvalue weighted by molar-refractivity contribution is 5.93. The molecule has 134 valence electrons. The number of nitrogens with zero attached hydrogens (tertiary/aromatic N) is 1. The molecule has 0 aliphatic carbocycles. The Morgan fingerprint density at radius 3 is 1.92 bits per heavy atom. The van der Waals surface area contributed by atoms with Gasteiger partial charge in [-0.25, -0.2) is 4.98 Å². The maximum Gasteiger partial charge on any atom is 0.228 e. The molecule has 2 amide bonds. The van der Waals surface area contributed by atoms with Crippen LogP contribution < -0.4 is 15.4 Å². The summed E-state index contributed by atoms with van der Waals surface area (Å²) < 4.78 is 5.37. The van der Waals surface area contributed by atoms with Crippen molar-refractivity contribution >= 4 is 23.5 Å². The van der Waals surface area contributed by atoms with Crippen LogP contribution in [0, 0.1) is 11.8 Å². The summed E-state index contributed by atoms with van der Waals surface area (Å²) in [6.07, 6.45) is -1.03. The van der Waals surface area contributed by atoms with Gasteiger partial charge in [0.2, 0.25) is 11.8 Å². The van der Waals surface area contributed by atoms with Gasteiger partial charge in [0.1, 0.15) is 30.1 Å². The minimum absolute atomic E-state index is 0.129. The lowest BCUT2D eigenvalue weighted by molar-refractivity contribution is -0.119. The van der Waals surface area contributed by atoms with Crippen molar-refractivity contribution in [2.45, 2.75) is 33.8 Å². The predicted octanol–water partition coefficient (Wildman–Crippen LogP) is 1.00. The molecular weight excluding hydrogens is 314 g/mol. The van der Waals surface area contributed by atoms with Gasteiger partial charge in [0, 0.05) is 24.0 Å². The minimum atomic E-state index is -1.03. The first-order valence-corrected chi connectivity index (χ1v) is 7.78. The summed E-state index contributed by atoms with van der Waals surface area (Å²) in [6, 6.07) is 2.96. The monoisotopic (exact) mass is 339 g/mol. The van der Waals surface area contributed by atoms with Crippen molar-refractivity contribution in [1.29, 1.82) is 0 Å². The highest BCUT2D eigenvalue weighted by Gasteiger charge is 2.14. The van der Waals surface area contributed by atoms with Crippen LogP contribution in [0.1, 0.15) is 27.7 Å². The van der Waals surface area contributed by atoms with Crippen molar-refractivity contribution in [2.75, 3.05) is 23.8 Å². The molecule has 4 N–H and O–H groups in total. The molecule has 0 bridgehead atoms. The number of anilines is 2. The molecule has 0 radical (unpaired) electrons. The Labute approximate surface area is 141 Å². The summed E-state index contributed by atoms with van der Waals surface area (Å²) in [4.78, 5) is 27.8. The Kier molecular flexibility index (Phi) is 7.60. The van der Waals surface area contributed by atoms with Gasteiger partial charge < -0.3 is 25.6 Å². The van der Waals surface area contributed by atoms with Gasteiger partial charge in [-0.3, -0.25) is 9.59 Å². The number of rotatable bonds is 8. The SMILES string of the molecule is CC(C)C(=O)Nc1cc(OCC(O)CO)cc(NC(=O)C(C)C)n1. The number of pyridine rings is 1. The van der Waals surface area contributed by atoms with Gasteiger partial charge in [0.05, 0.1) is 6.61 Å². The highest BCUT2D eigenvalue weighted by atomic mass is 16.5. The fraction of sp³-hybridized carbons (Fsp3) is 0.562. The van der Waals surface area contributed by atoms with Gasteiger partial charge in [0.15, 0.2) is 0 Å². The van der Waals surface area contributed by atoms with E-state index in [-0.39, 0.29) is 41.9 Å². The number of carbonyl (C=O) groups is 2. The lowest BCUT2D eigenvalue weighted by Crippen LogP contribution is -2.23. The van der Waals surface area contributed by atoms with E-state index < -0.39 is 12.7 Å². The third kappa shape index (κ3) is 6.51. The van der Waals surface area contributed by atoms with Gasteiger partial charge in [-0.05, 0) is 0 Å². The summed E-state index contributed by atoms with van der Waals surface area (Å²) in [5, 5.41) is 23.5. The van der Waals surface area contributed by atoms with E-state index >= 15 is 0 Å². The number of amides is 2. The fourth-order valence-corrected chi connectivity index (χ4v) is 1.50. The van der Waals surface area contributed by atoms with Crippen molar-refractivity contribution in [3.05, 3.63) is 12.1 Å². The first-order chi connectivity index (χ1) is 11.2. The summed E-state index contributed by atoms with van der Waals surface area (Å²) in [6.45, 7) is 6.42. The van der Waals surface area contributed by atoms with Crippen LogP contribution in [0.4, 0.5) is 11.6 Å². The topological polar surface area (TPSA) is 121 Å². The molecule has 1 rings (SSSR count). The molecule has 1 aromatic rings. The molecule has 0 fully saturated rings. The van der Waals surface area contributed by atoms with E-state index in [4.69, 9.17) is 9.84 Å². The molecule has 0 aliphatic rings.